The van der Waals surface area contributed by atoms with Crippen LogP contribution in [0.1, 0.15) is 43.3 Å². The Kier molecular flexibility index (Phi) is 3.11. The van der Waals surface area contributed by atoms with Crippen molar-refractivity contribution in [3.8, 4) is 11.4 Å². The van der Waals surface area contributed by atoms with Crippen LogP contribution in [-0.2, 0) is 19.4 Å². The second kappa shape index (κ2) is 4.78. The lowest BCUT2D eigenvalue weighted by molar-refractivity contribution is 0.574. The number of aryl methyl sites for hydroxylation is 2. The number of nitrogens with zero attached hydrogens (tertiary/aromatic N) is 3. The monoisotopic (exact) mass is 256 g/mol. The standard InChI is InChI=1S/C15H20N4/c1-10(2)19-14(9-16)17-18-15(19)13-7-6-11-4-3-5-12(11)8-13/h6-8,10H,3-5,9,16H2,1-2H3. The fourth-order valence-electron chi connectivity index (χ4n) is 2.91. The van der Waals surface area contributed by atoms with Gasteiger partial charge in [0.25, 0.3) is 0 Å². The molecule has 1 heterocycles. The molecule has 0 unspecified atom stereocenters. The Hall–Kier alpha value is -1.68. The van der Waals surface area contributed by atoms with E-state index in [1.165, 1.54) is 30.4 Å². The van der Waals surface area contributed by atoms with E-state index in [2.05, 4.69) is 46.8 Å². The molecule has 4 nitrogen and oxygen atoms in total. The Balaban J connectivity index is 2.09. The number of aromatic nitrogens is 3. The number of rotatable bonds is 3. The average Bonchev–Trinajstić information content (AvgIpc) is 3.03. The minimum absolute atomic E-state index is 0.316. The van der Waals surface area contributed by atoms with Gasteiger partial charge in [0.1, 0.15) is 5.82 Å². The second-order valence-corrected chi connectivity index (χ2v) is 5.44. The maximum atomic E-state index is 5.75. The fraction of sp³-hybridized carbons (Fsp3) is 0.467. The molecule has 1 aromatic heterocycles. The van der Waals surface area contributed by atoms with Gasteiger partial charge in [0.15, 0.2) is 5.82 Å². The summed E-state index contributed by atoms with van der Waals surface area (Å²) in [5, 5.41) is 8.55. The van der Waals surface area contributed by atoms with Crippen LogP contribution in [0.2, 0.25) is 0 Å². The molecular formula is C15H20N4. The van der Waals surface area contributed by atoms with E-state index in [9.17, 15) is 0 Å². The van der Waals surface area contributed by atoms with Crippen molar-refractivity contribution in [1.29, 1.82) is 0 Å². The zero-order chi connectivity index (χ0) is 13.4. The largest absolute Gasteiger partial charge is 0.324 e. The lowest BCUT2D eigenvalue weighted by Gasteiger charge is -2.14. The lowest BCUT2D eigenvalue weighted by atomic mass is 10.1. The van der Waals surface area contributed by atoms with Crippen LogP contribution in [0.25, 0.3) is 11.4 Å². The summed E-state index contributed by atoms with van der Waals surface area (Å²) in [5.41, 5.74) is 9.85. The summed E-state index contributed by atoms with van der Waals surface area (Å²) in [6.07, 6.45) is 3.66. The first-order valence-electron chi connectivity index (χ1n) is 6.96. The normalized spacial score (nSPS) is 14.1. The van der Waals surface area contributed by atoms with Crippen LogP contribution >= 0.6 is 0 Å². The minimum Gasteiger partial charge on any atom is -0.324 e. The Labute approximate surface area is 113 Å². The van der Waals surface area contributed by atoms with Crippen LogP contribution in [0.4, 0.5) is 0 Å². The van der Waals surface area contributed by atoms with E-state index in [0.29, 0.717) is 12.6 Å². The Bertz CT molecular complexity index is 598. The van der Waals surface area contributed by atoms with Gasteiger partial charge in [0.05, 0.1) is 6.54 Å². The van der Waals surface area contributed by atoms with Crippen molar-refractivity contribution in [3.05, 3.63) is 35.2 Å². The van der Waals surface area contributed by atoms with E-state index in [1.54, 1.807) is 0 Å². The summed E-state index contributed by atoms with van der Waals surface area (Å²) in [6.45, 7) is 4.70. The highest BCUT2D eigenvalue weighted by atomic mass is 15.3. The summed E-state index contributed by atoms with van der Waals surface area (Å²) in [5.74, 6) is 1.79. The van der Waals surface area contributed by atoms with Gasteiger partial charge in [-0.2, -0.15) is 0 Å². The predicted octanol–water partition coefficient (Wildman–Crippen LogP) is 2.47. The molecule has 100 valence electrons. The molecule has 2 N–H and O–H groups in total. The predicted molar refractivity (Wildman–Crippen MR) is 75.8 cm³/mol. The van der Waals surface area contributed by atoms with Gasteiger partial charge in [-0.25, -0.2) is 0 Å². The second-order valence-electron chi connectivity index (χ2n) is 5.44. The molecule has 0 radical (unpaired) electrons. The van der Waals surface area contributed by atoms with Crippen LogP contribution in [0.15, 0.2) is 18.2 Å². The summed E-state index contributed by atoms with van der Waals surface area (Å²) in [7, 11) is 0. The molecular weight excluding hydrogens is 236 g/mol. The van der Waals surface area contributed by atoms with Crippen molar-refractivity contribution < 1.29 is 0 Å². The SMILES string of the molecule is CC(C)n1c(CN)nnc1-c1ccc2c(c1)CCC2. The summed E-state index contributed by atoms with van der Waals surface area (Å²) in [6, 6.07) is 6.98. The number of nitrogens with two attached hydrogens (primary N) is 1. The van der Waals surface area contributed by atoms with Crippen LogP contribution in [-0.4, -0.2) is 14.8 Å². The van der Waals surface area contributed by atoms with Crippen molar-refractivity contribution in [1.82, 2.24) is 14.8 Å². The average molecular weight is 256 g/mol. The van der Waals surface area contributed by atoms with E-state index in [1.807, 2.05) is 0 Å². The number of benzene rings is 1. The molecule has 1 aliphatic rings. The molecule has 2 aromatic rings. The lowest BCUT2D eigenvalue weighted by Crippen LogP contribution is -2.11. The maximum absolute atomic E-state index is 5.75. The first-order valence-corrected chi connectivity index (χ1v) is 6.96. The van der Waals surface area contributed by atoms with Gasteiger partial charge >= 0.3 is 0 Å². The smallest absolute Gasteiger partial charge is 0.164 e. The molecule has 1 aromatic carbocycles. The highest BCUT2D eigenvalue weighted by Crippen LogP contribution is 2.28. The quantitative estimate of drug-likeness (QED) is 0.917. The van der Waals surface area contributed by atoms with E-state index in [0.717, 1.165) is 17.2 Å². The van der Waals surface area contributed by atoms with Gasteiger partial charge in [0.2, 0.25) is 0 Å². The number of hydrogen-bond donors (Lipinski definition) is 1. The van der Waals surface area contributed by atoms with Crippen LogP contribution in [0, 0.1) is 0 Å². The van der Waals surface area contributed by atoms with Crippen molar-refractivity contribution in [3.63, 3.8) is 0 Å². The molecule has 1 aliphatic carbocycles. The third kappa shape index (κ3) is 2.06. The van der Waals surface area contributed by atoms with Crippen molar-refractivity contribution in [2.24, 2.45) is 5.73 Å². The summed E-state index contributed by atoms with van der Waals surface area (Å²) in [4.78, 5) is 0. The van der Waals surface area contributed by atoms with Gasteiger partial charge in [-0.15, -0.1) is 10.2 Å². The molecule has 19 heavy (non-hydrogen) atoms. The van der Waals surface area contributed by atoms with Crippen LogP contribution in [0.3, 0.4) is 0 Å². The Morgan fingerprint density at radius 2 is 2.00 bits per heavy atom. The zero-order valence-corrected chi connectivity index (χ0v) is 11.6. The molecule has 0 fully saturated rings. The van der Waals surface area contributed by atoms with Gasteiger partial charge in [0, 0.05) is 11.6 Å². The Morgan fingerprint density at radius 1 is 1.21 bits per heavy atom. The summed E-state index contributed by atoms with van der Waals surface area (Å²) >= 11 is 0. The van der Waals surface area contributed by atoms with Crippen molar-refractivity contribution in [2.75, 3.05) is 0 Å². The van der Waals surface area contributed by atoms with Crippen LogP contribution < -0.4 is 5.73 Å². The first-order chi connectivity index (χ1) is 9.20. The first kappa shape index (κ1) is 12.4. The zero-order valence-electron chi connectivity index (χ0n) is 11.6. The van der Waals surface area contributed by atoms with Gasteiger partial charge < -0.3 is 10.3 Å². The highest BCUT2D eigenvalue weighted by molar-refractivity contribution is 5.58. The minimum atomic E-state index is 0.316. The van der Waals surface area contributed by atoms with Crippen molar-refractivity contribution in [2.45, 2.75) is 45.7 Å². The molecule has 0 bridgehead atoms. The third-order valence-corrected chi connectivity index (χ3v) is 3.82. The van der Waals surface area contributed by atoms with E-state index in [4.69, 9.17) is 5.73 Å². The molecule has 0 spiro atoms. The molecule has 0 saturated carbocycles. The van der Waals surface area contributed by atoms with E-state index >= 15 is 0 Å². The van der Waals surface area contributed by atoms with Gasteiger partial charge in [-0.05, 0) is 50.3 Å². The topological polar surface area (TPSA) is 56.7 Å². The number of fused-ring (bicyclic) bond motifs is 1. The van der Waals surface area contributed by atoms with Gasteiger partial charge in [-0.1, -0.05) is 12.1 Å². The molecule has 0 saturated heterocycles. The molecule has 3 rings (SSSR count). The fourth-order valence-corrected chi connectivity index (χ4v) is 2.91. The van der Waals surface area contributed by atoms with Crippen molar-refractivity contribution >= 4 is 0 Å². The molecule has 0 atom stereocenters. The van der Waals surface area contributed by atoms with E-state index in [-0.39, 0.29) is 0 Å². The Morgan fingerprint density at radius 3 is 2.74 bits per heavy atom. The maximum Gasteiger partial charge on any atom is 0.164 e. The number of hydrogen-bond acceptors (Lipinski definition) is 3. The third-order valence-electron chi connectivity index (χ3n) is 3.82. The van der Waals surface area contributed by atoms with E-state index < -0.39 is 0 Å². The molecule has 4 heteroatoms. The molecule has 0 aliphatic heterocycles. The van der Waals surface area contributed by atoms with Gasteiger partial charge in [-0.3, -0.25) is 0 Å². The highest BCUT2D eigenvalue weighted by Gasteiger charge is 2.17. The summed E-state index contributed by atoms with van der Waals surface area (Å²) < 4.78 is 2.14. The van der Waals surface area contributed by atoms with Crippen LogP contribution in [0.5, 0.6) is 0 Å². The molecule has 0 amide bonds.